The average molecular weight is 242 g/mol. The third kappa shape index (κ3) is 2.48. The van der Waals surface area contributed by atoms with Crippen molar-refractivity contribution in [3.63, 3.8) is 0 Å². The first kappa shape index (κ1) is 12.1. The Morgan fingerprint density at radius 2 is 2.17 bits per heavy atom. The number of hydrogen-bond donors (Lipinski definition) is 2. The Balaban J connectivity index is 2.32. The summed E-state index contributed by atoms with van der Waals surface area (Å²) >= 11 is 0. The van der Waals surface area contributed by atoms with Crippen LogP contribution in [0.2, 0.25) is 0 Å². The summed E-state index contributed by atoms with van der Waals surface area (Å²) in [6.07, 6.45) is 2.42. The highest BCUT2D eigenvalue weighted by Gasteiger charge is 2.08. The molecule has 2 rings (SSSR count). The highest BCUT2D eigenvalue weighted by Crippen LogP contribution is 2.09. The minimum atomic E-state index is -0.278. The largest absolute Gasteiger partial charge is 0.350 e. The minimum Gasteiger partial charge on any atom is -0.350 e. The highest BCUT2D eigenvalue weighted by atomic mass is 16.2. The van der Waals surface area contributed by atoms with Gasteiger partial charge in [0.25, 0.3) is 11.5 Å². The predicted octanol–water partition coefficient (Wildman–Crippen LogP) is 1.83. The molecule has 1 aromatic carbocycles. The van der Waals surface area contributed by atoms with Gasteiger partial charge in [-0.2, -0.15) is 0 Å². The fourth-order valence-electron chi connectivity index (χ4n) is 1.72. The van der Waals surface area contributed by atoms with Crippen LogP contribution in [-0.4, -0.2) is 17.4 Å². The van der Waals surface area contributed by atoms with Gasteiger partial charge < -0.3 is 10.3 Å². The summed E-state index contributed by atoms with van der Waals surface area (Å²) in [4.78, 5) is 26.2. The number of fused-ring (bicyclic) bond motifs is 1. The van der Waals surface area contributed by atoms with Gasteiger partial charge in [0.05, 0.1) is 0 Å². The molecule has 0 aliphatic rings. The monoisotopic (exact) mass is 242 g/mol. The molecule has 0 aliphatic carbocycles. The summed E-state index contributed by atoms with van der Waals surface area (Å²) in [6, 6.07) is 8.85. The van der Waals surface area contributed by atoms with Gasteiger partial charge in [0.1, 0.15) is 5.69 Å². The first-order valence-electron chi connectivity index (χ1n) is 5.73. The van der Waals surface area contributed by atoms with Crippen molar-refractivity contribution >= 4 is 16.7 Å². The zero-order valence-electron chi connectivity index (χ0n) is 9.90. The van der Waals surface area contributed by atoms with E-state index in [0.29, 0.717) is 18.4 Å². The van der Waals surface area contributed by atoms with Crippen molar-refractivity contribution in [2.75, 3.05) is 6.54 Å². The zero-order chi connectivity index (χ0) is 13.0. The Morgan fingerprint density at radius 3 is 2.94 bits per heavy atom. The second-order valence-electron chi connectivity index (χ2n) is 3.93. The molecule has 18 heavy (non-hydrogen) atoms. The summed E-state index contributed by atoms with van der Waals surface area (Å²) in [5.74, 6) is -0.278. The van der Waals surface area contributed by atoms with E-state index in [9.17, 15) is 9.59 Å². The van der Waals surface area contributed by atoms with Gasteiger partial charge in [0, 0.05) is 11.9 Å². The lowest BCUT2D eigenvalue weighted by Gasteiger charge is -2.04. The molecule has 0 fully saturated rings. The van der Waals surface area contributed by atoms with E-state index in [1.807, 2.05) is 12.1 Å². The van der Waals surface area contributed by atoms with Crippen LogP contribution in [0.25, 0.3) is 10.8 Å². The van der Waals surface area contributed by atoms with E-state index in [2.05, 4.69) is 16.9 Å². The van der Waals surface area contributed by atoms with Gasteiger partial charge in [-0.1, -0.05) is 24.3 Å². The number of amides is 1. The first-order valence-corrected chi connectivity index (χ1v) is 5.73. The highest BCUT2D eigenvalue weighted by molar-refractivity contribution is 5.96. The van der Waals surface area contributed by atoms with Gasteiger partial charge in [-0.05, 0) is 23.9 Å². The number of benzene rings is 1. The van der Waals surface area contributed by atoms with Crippen molar-refractivity contribution in [1.29, 1.82) is 0 Å². The van der Waals surface area contributed by atoms with Crippen LogP contribution in [-0.2, 0) is 0 Å². The molecule has 0 unspecified atom stereocenters. The molecule has 1 heterocycles. The van der Waals surface area contributed by atoms with Crippen molar-refractivity contribution in [2.24, 2.45) is 0 Å². The SMILES string of the molecule is C=CCCNC(=O)c1cc2ccccc2c(=O)[nH]1. The van der Waals surface area contributed by atoms with Crippen LogP contribution in [0.15, 0.2) is 47.8 Å². The van der Waals surface area contributed by atoms with Crippen molar-refractivity contribution in [3.8, 4) is 0 Å². The van der Waals surface area contributed by atoms with Crippen molar-refractivity contribution in [3.05, 3.63) is 59.0 Å². The van der Waals surface area contributed by atoms with E-state index in [-0.39, 0.29) is 17.2 Å². The second kappa shape index (κ2) is 5.31. The molecule has 0 saturated carbocycles. The van der Waals surface area contributed by atoms with E-state index >= 15 is 0 Å². The van der Waals surface area contributed by atoms with Crippen LogP contribution in [0.3, 0.4) is 0 Å². The van der Waals surface area contributed by atoms with E-state index in [1.165, 1.54) is 0 Å². The lowest BCUT2D eigenvalue weighted by molar-refractivity contribution is 0.0949. The summed E-state index contributed by atoms with van der Waals surface area (Å²) in [7, 11) is 0. The van der Waals surface area contributed by atoms with Crippen molar-refractivity contribution in [2.45, 2.75) is 6.42 Å². The molecule has 2 N–H and O–H groups in total. The Morgan fingerprint density at radius 1 is 1.39 bits per heavy atom. The van der Waals surface area contributed by atoms with Crippen LogP contribution in [0.4, 0.5) is 0 Å². The molecule has 2 aromatic rings. The van der Waals surface area contributed by atoms with Crippen LogP contribution in [0.5, 0.6) is 0 Å². The van der Waals surface area contributed by atoms with E-state index in [1.54, 1.807) is 24.3 Å². The fraction of sp³-hybridized carbons (Fsp3) is 0.143. The molecule has 1 aromatic heterocycles. The van der Waals surface area contributed by atoms with E-state index in [0.717, 1.165) is 5.39 Å². The predicted molar refractivity (Wildman–Crippen MR) is 71.7 cm³/mol. The Labute approximate surface area is 104 Å². The topological polar surface area (TPSA) is 62.0 Å². The second-order valence-corrected chi connectivity index (χ2v) is 3.93. The summed E-state index contributed by atoms with van der Waals surface area (Å²) in [6.45, 7) is 4.09. The number of rotatable bonds is 4. The Hall–Kier alpha value is -2.36. The molecular weight excluding hydrogens is 228 g/mol. The van der Waals surface area contributed by atoms with Gasteiger partial charge >= 0.3 is 0 Å². The summed E-state index contributed by atoms with van der Waals surface area (Å²) in [5, 5.41) is 4.05. The van der Waals surface area contributed by atoms with Gasteiger partial charge in [0.15, 0.2) is 0 Å². The van der Waals surface area contributed by atoms with Gasteiger partial charge in [-0.15, -0.1) is 6.58 Å². The summed E-state index contributed by atoms with van der Waals surface area (Å²) in [5.41, 5.74) is 0.0322. The smallest absolute Gasteiger partial charge is 0.267 e. The molecule has 92 valence electrons. The number of carbonyl (C=O) groups is 1. The Kier molecular flexibility index (Phi) is 3.57. The quantitative estimate of drug-likeness (QED) is 0.634. The molecule has 0 spiro atoms. The minimum absolute atomic E-state index is 0.248. The lowest BCUT2D eigenvalue weighted by atomic mass is 10.1. The molecule has 0 saturated heterocycles. The normalized spacial score (nSPS) is 10.2. The molecule has 0 aliphatic heterocycles. The molecule has 0 radical (unpaired) electrons. The maximum atomic E-state index is 11.8. The number of carbonyl (C=O) groups excluding carboxylic acids is 1. The van der Waals surface area contributed by atoms with Crippen LogP contribution >= 0.6 is 0 Å². The van der Waals surface area contributed by atoms with Crippen LogP contribution < -0.4 is 10.9 Å². The summed E-state index contributed by atoms with van der Waals surface area (Å²) < 4.78 is 0. The third-order valence-corrected chi connectivity index (χ3v) is 2.63. The van der Waals surface area contributed by atoms with E-state index < -0.39 is 0 Å². The number of aromatic nitrogens is 1. The van der Waals surface area contributed by atoms with Gasteiger partial charge in [-0.25, -0.2) is 0 Å². The molecule has 4 nitrogen and oxygen atoms in total. The van der Waals surface area contributed by atoms with E-state index in [4.69, 9.17) is 0 Å². The molecule has 4 heteroatoms. The molecule has 1 amide bonds. The van der Waals surface area contributed by atoms with Gasteiger partial charge in [-0.3, -0.25) is 9.59 Å². The van der Waals surface area contributed by atoms with Crippen molar-refractivity contribution in [1.82, 2.24) is 10.3 Å². The third-order valence-electron chi connectivity index (χ3n) is 2.63. The molecule has 0 bridgehead atoms. The number of hydrogen-bond acceptors (Lipinski definition) is 2. The van der Waals surface area contributed by atoms with Crippen molar-refractivity contribution < 1.29 is 4.79 Å². The zero-order valence-corrected chi connectivity index (χ0v) is 9.90. The number of H-pyrrole nitrogens is 1. The first-order chi connectivity index (χ1) is 8.72. The maximum absolute atomic E-state index is 11.8. The number of pyridine rings is 1. The lowest BCUT2D eigenvalue weighted by Crippen LogP contribution is -2.27. The van der Waals surface area contributed by atoms with Gasteiger partial charge in [0.2, 0.25) is 0 Å². The number of aromatic amines is 1. The van der Waals surface area contributed by atoms with Crippen LogP contribution in [0, 0.1) is 0 Å². The maximum Gasteiger partial charge on any atom is 0.267 e. The molecule has 0 atom stereocenters. The Bertz CT molecular complexity index is 644. The average Bonchev–Trinajstić information content (AvgIpc) is 2.39. The standard InChI is InChI=1S/C14H14N2O2/c1-2-3-8-15-14(18)12-9-10-6-4-5-7-11(10)13(17)16-12/h2,4-7,9H,1,3,8H2,(H,15,18)(H,16,17). The fourth-order valence-corrected chi connectivity index (χ4v) is 1.72. The molecular formula is C14H14N2O2. The van der Waals surface area contributed by atoms with Crippen LogP contribution in [0.1, 0.15) is 16.9 Å². The number of nitrogens with one attached hydrogen (secondary N) is 2.